The molecule has 0 bridgehead atoms. The maximum atomic E-state index is 11.7. The Labute approximate surface area is 212 Å². The van der Waals surface area contributed by atoms with Gasteiger partial charge in [-0.15, -0.1) is 0 Å². The molecule has 0 amide bonds. The fourth-order valence-electron chi connectivity index (χ4n) is 12.1. The highest BCUT2D eigenvalue weighted by Gasteiger charge is 2.84. The van der Waals surface area contributed by atoms with Crippen molar-refractivity contribution in [2.45, 2.75) is 142 Å². The number of aliphatic hydroxyl groups excluding tert-OH is 3. The molecule has 5 nitrogen and oxygen atoms in total. The Bertz CT molecular complexity index is 911. The molecule has 0 radical (unpaired) electrons. The molecule has 1 aliphatic heterocycles. The minimum atomic E-state index is -0.886. The van der Waals surface area contributed by atoms with Crippen LogP contribution in [0.5, 0.6) is 0 Å². The average molecular weight is 491 g/mol. The second-order valence-corrected chi connectivity index (χ2v) is 15.9. The van der Waals surface area contributed by atoms with Crippen molar-refractivity contribution in [3.63, 3.8) is 0 Å². The van der Waals surface area contributed by atoms with Crippen molar-refractivity contribution in [2.24, 2.45) is 44.8 Å². The van der Waals surface area contributed by atoms with Gasteiger partial charge in [0, 0.05) is 5.92 Å². The predicted octanol–water partition coefficient (Wildman–Crippen LogP) is 4.44. The van der Waals surface area contributed by atoms with E-state index in [0.29, 0.717) is 5.92 Å². The number of aliphatic hydroxyl groups is 4. The Hall–Kier alpha value is -0.200. The molecule has 6 rings (SSSR count). The van der Waals surface area contributed by atoms with E-state index in [-0.39, 0.29) is 51.1 Å². The van der Waals surface area contributed by atoms with Crippen LogP contribution in [0.2, 0.25) is 0 Å². The van der Waals surface area contributed by atoms with Gasteiger partial charge in [0.25, 0.3) is 0 Å². The molecule has 35 heavy (non-hydrogen) atoms. The van der Waals surface area contributed by atoms with Crippen LogP contribution in [0, 0.1) is 44.8 Å². The van der Waals surface area contributed by atoms with Crippen LogP contribution >= 0.6 is 0 Å². The van der Waals surface area contributed by atoms with E-state index >= 15 is 0 Å². The molecule has 12 atom stereocenters. The quantitative estimate of drug-likeness (QED) is 0.460. The van der Waals surface area contributed by atoms with Crippen molar-refractivity contribution in [1.82, 2.24) is 0 Å². The Morgan fingerprint density at radius 1 is 0.771 bits per heavy atom. The Balaban J connectivity index is 1.37. The molecule has 0 aromatic rings. The first-order valence-electron chi connectivity index (χ1n) is 14.4. The third kappa shape index (κ3) is 2.78. The van der Waals surface area contributed by atoms with Gasteiger partial charge in [-0.2, -0.15) is 0 Å². The molecule has 1 heterocycles. The summed E-state index contributed by atoms with van der Waals surface area (Å²) in [6.07, 6.45) is 7.18. The van der Waals surface area contributed by atoms with E-state index in [9.17, 15) is 20.4 Å². The van der Waals surface area contributed by atoms with Gasteiger partial charge in [0.2, 0.25) is 0 Å². The van der Waals surface area contributed by atoms with Crippen LogP contribution in [0.25, 0.3) is 0 Å². The number of hydrogen-bond donors (Lipinski definition) is 4. The van der Waals surface area contributed by atoms with Gasteiger partial charge >= 0.3 is 0 Å². The summed E-state index contributed by atoms with van der Waals surface area (Å²) in [5.41, 5.74) is -1.35. The minimum Gasteiger partial charge on any atom is -0.393 e. The third-order valence-electron chi connectivity index (χ3n) is 13.8. The summed E-state index contributed by atoms with van der Waals surface area (Å²) in [6.45, 7) is 15.0. The van der Waals surface area contributed by atoms with Crippen molar-refractivity contribution in [3.05, 3.63) is 0 Å². The fraction of sp³-hybridized carbons (Fsp3) is 1.00. The molecule has 0 aromatic heterocycles. The SMILES string of the molecule is CC(C)(O)[C@@H]1CC[C@](C)([C@@H]2[C@H](O)C[C@]3(C)[C@H]4C[C@@H](O)[C@@H]5C(C)(C)[C@H](O)CC[C@]56C[C@]46CC[C@@]23C)O1. The van der Waals surface area contributed by atoms with Crippen LogP contribution in [0.3, 0.4) is 0 Å². The monoisotopic (exact) mass is 490 g/mol. The van der Waals surface area contributed by atoms with Crippen LogP contribution in [-0.2, 0) is 4.74 Å². The molecule has 6 fully saturated rings. The molecule has 2 spiro atoms. The van der Waals surface area contributed by atoms with Gasteiger partial charge in [-0.3, -0.25) is 0 Å². The summed E-state index contributed by atoms with van der Waals surface area (Å²) in [6, 6.07) is 0. The molecule has 0 unspecified atom stereocenters. The second-order valence-electron chi connectivity index (χ2n) is 15.9. The lowest BCUT2D eigenvalue weighted by molar-refractivity contribution is -0.213. The maximum Gasteiger partial charge on any atom is 0.0865 e. The smallest absolute Gasteiger partial charge is 0.0865 e. The van der Waals surface area contributed by atoms with Gasteiger partial charge in [0.1, 0.15) is 0 Å². The first kappa shape index (κ1) is 25.1. The van der Waals surface area contributed by atoms with E-state index in [0.717, 1.165) is 51.4 Å². The number of hydrogen-bond acceptors (Lipinski definition) is 5. The van der Waals surface area contributed by atoms with E-state index in [1.54, 1.807) is 0 Å². The van der Waals surface area contributed by atoms with Gasteiger partial charge in [0.15, 0.2) is 0 Å². The van der Waals surface area contributed by atoms with Crippen molar-refractivity contribution in [1.29, 1.82) is 0 Å². The molecular formula is C30H50O5. The number of ether oxygens (including phenoxy) is 1. The normalized spacial score (nSPS) is 60.9. The molecule has 1 saturated heterocycles. The molecule has 200 valence electrons. The summed E-state index contributed by atoms with van der Waals surface area (Å²) in [4.78, 5) is 0. The zero-order valence-corrected chi connectivity index (χ0v) is 23.1. The Morgan fingerprint density at radius 3 is 2.09 bits per heavy atom. The molecule has 5 heteroatoms. The lowest BCUT2D eigenvalue weighted by Gasteiger charge is -2.64. The zero-order chi connectivity index (χ0) is 25.6. The standard InChI is InChI=1S/C30H50O5/c1-24(2)20(33)8-11-30-16-29(30)13-12-26(5)23(28(7)10-9-21(35-28)25(3,4)34)18(32)15-27(26,6)19(29)14-17(31)22(24)30/h17-23,31-34H,8-16H2,1-7H3/t17-,18-,19-,20-,21+,22-,23-,26+,27-,28-,29-,30+/m1/s1. The third-order valence-corrected chi connectivity index (χ3v) is 13.8. The van der Waals surface area contributed by atoms with E-state index in [4.69, 9.17) is 4.74 Å². The summed E-state index contributed by atoms with van der Waals surface area (Å²) in [5, 5.41) is 45.0. The van der Waals surface area contributed by atoms with Crippen molar-refractivity contribution in [3.8, 4) is 0 Å². The van der Waals surface area contributed by atoms with Gasteiger partial charge in [-0.25, -0.2) is 0 Å². The maximum absolute atomic E-state index is 11.7. The van der Waals surface area contributed by atoms with E-state index in [1.807, 2.05) is 13.8 Å². The largest absolute Gasteiger partial charge is 0.393 e. The highest BCUT2D eigenvalue weighted by atomic mass is 16.5. The lowest BCUT2D eigenvalue weighted by atomic mass is 9.41. The summed E-state index contributed by atoms with van der Waals surface area (Å²) >= 11 is 0. The summed E-state index contributed by atoms with van der Waals surface area (Å²) in [5.74, 6) is 0.577. The van der Waals surface area contributed by atoms with Crippen LogP contribution in [-0.4, -0.2) is 56.0 Å². The first-order chi connectivity index (χ1) is 16.0. The summed E-state index contributed by atoms with van der Waals surface area (Å²) in [7, 11) is 0. The van der Waals surface area contributed by atoms with Crippen LogP contribution in [0.15, 0.2) is 0 Å². The molecular weight excluding hydrogens is 440 g/mol. The average Bonchev–Trinajstić information content (AvgIpc) is 3.08. The minimum absolute atomic E-state index is 0.0267. The van der Waals surface area contributed by atoms with Gasteiger partial charge in [-0.1, -0.05) is 27.7 Å². The number of rotatable bonds is 2. The van der Waals surface area contributed by atoms with Crippen molar-refractivity contribution >= 4 is 0 Å². The number of fused-ring (bicyclic) bond motifs is 2. The van der Waals surface area contributed by atoms with Crippen molar-refractivity contribution in [2.75, 3.05) is 0 Å². The topological polar surface area (TPSA) is 90.2 Å². The van der Waals surface area contributed by atoms with Crippen LogP contribution in [0.1, 0.15) is 106 Å². The van der Waals surface area contributed by atoms with E-state index < -0.39 is 23.4 Å². The molecule has 4 N–H and O–H groups in total. The van der Waals surface area contributed by atoms with Gasteiger partial charge in [-0.05, 0) is 117 Å². The lowest BCUT2D eigenvalue weighted by Crippen LogP contribution is -2.62. The highest BCUT2D eigenvalue weighted by Crippen LogP contribution is 2.89. The predicted molar refractivity (Wildman–Crippen MR) is 134 cm³/mol. The summed E-state index contributed by atoms with van der Waals surface area (Å²) < 4.78 is 6.66. The van der Waals surface area contributed by atoms with E-state index in [2.05, 4.69) is 34.6 Å². The Kier molecular flexibility index (Phi) is 4.92. The Morgan fingerprint density at radius 2 is 1.46 bits per heavy atom. The molecule has 5 aliphatic carbocycles. The second kappa shape index (κ2) is 6.86. The first-order valence-corrected chi connectivity index (χ1v) is 14.4. The fourth-order valence-corrected chi connectivity index (χ4v) is 12.1. The van der Waals surface area contributed by atoms with Crippen LogP contribution in [0.4, 0.5) is 0 Å². The van der Waals surface area contributed by atoms with E-state index in [1.165, 1.54) is 6.42 Å². The molecule has 6 aliphatic rings. The van der Waals surface area contributed by atoms with Gasteiger partial charge < -0.3 is 25.2 Å². The van der Waals surface area contributed by atoms with Crippen molar-refractivity contribution < 1.29 is 25.2 Å². The molecule has 5 saturated carbocycles. The molecule has 0 aromatic carbocycles. The van der Waals surface area contributed by atoms with Crippen LogP contribution < -0.4 is 0 Å². The van der Waals surface area contributed by atoms with Gasteiger partial charge in [0.05, 0.1) is 35.6 Å². The highest BCUT2D eigenvalue weighted by molar-refractivity contribution is 5.33. The zero-order valence-electron chi connectivity index (χ0n) is 23.1.